The third-order valence-electron chi connectivity index (χ3n) is 6.16. The quantitative estimate of drug-likeness (QED) is 0.921. The van der Waals surface area contributed by atoms with Gasteiger partial charge in [-0.3, -0.25) is 4.79 Å². The standard InChI is InChI=1S/C19H25ClN2O/c20-17-6-2-1-4-14(17)12-15-5-3-11-22(15)18(23)16-13-19(16)7-9-21-10-8-19/h1-2,4,6,15-16,21H,3,5,7-13H2. The van der Waals surface area contributed by atoms with E-state index in [1.807, 2.05) is 18.2 Å². The van der Waals surface area contributed by atoms with E-state index >= 15 is 0 Å². The Bertz CT molecular complexity index is 597. The van der Waals surface area contributed by atoms with Gasteiger partial charge in [0, 0.05) is 23.5 Å². The Kier molecular flexibility index (Phi) is 4.10. The van der Waals surface area contributed by atoms with Gasteiger partial charge >= 0.3 is 0 Å². The fourth-order valence-electron chi connectivity index (χ4n) is 4.63. The molecule has 1 aromatic carbocycles. The lowest BCUT2D eigenvalue weighted by molar-refractivity contribution is -0.134. The summed E-state index contributed by atoms with van der Waals surface area (Å²) in [6.07, 6.45) is 6.59. The average Bonchev–Trinajstić information content (AvgIpc) is 3.04. The molecule has 0 bridgehead atoms. The normalized spacial score (nSPS) is 29.0. The molecule has 2 heterocycles. The second-order valence-electron chi connectivity index (χ2n) is 7.49. The van der Waals surface area contributed by atoms with Crippen LogP contribution in [-0.2, 0) is 11.2 Å². The number of nitrogens with zero attached hydrogens (tertiary/aromatic N) is 1. The summed E-state index contributed by atoms with van der Waals surface area (Å²) in [5.74, 6) is 0.706. The highest BCUT2D eigenvalue weighted by Crippen LogP contribution is 2.59. The van der Waals surface area contributed by atoms with Crippen LogP contribution in [0.2, 0.25) is 5.02 Å². The number of hydrogen-bond donors (Lipinski definition) is 1. The smallest absolute Gasteiger partial charge is 0.226 e. The first-order valence-electron chi connectivity index (χ1n) is 8.94. The zero-order chi connectivity index (χ0) is 15.9. The maximum Gasteiger partial charge on any atom is 0.226 e. The lowest BCUT2D eigenvalue weighted by Crippen LogP contribution is -2.40. The van der Waals surface area contributed by atoms with Crippen LogP contribution in [0.5, 0.6) is 0 Å². The summed E-state index contributed by atoms with van der Waals surface area (Å²) in [4.78, 5) is 15.2. The molecule has 3 fully saturated rings. The van der Waals surface area contributed by atoms with E-state index in [0.29, 0.717) is 17.4 Å². The summed E-state index contributed by atoms with van der Waals surface area (Å²) in [6.45, 7) is 3.08. The van der Waals surface area contributed by atoms with Gasteiger partial charge in [-0.1, -0.05) is 29.8 Å². The Morgan fingerprint density at radius 3 is 2.87 bits per heavy atom. The van der Waals surface area contributed by atoms with E-state index in [4.69, 9.17) is 11.6 Å². The Hall–Kier alpha value is -1.06. The number of carbonyl (C=O) groups excluding carboxylic acids is 1. The zero-order valence-electron chi connectivity index (χ0n) is 13.6. The number of amides is 1. The van der Waals surface area contributed by atoms with Gasteiger partial charge in [0.2, 0.25) is 5.91 Å². The highest BCUT2D eigenvalue weighted by atomic mass is 35.5. The van der Waals surface area contributed by atoms with E-state index in [-0.39, 0.29) is 5.92 Å². The van der Waals surface area contributed by atoms with E-state index in [0.717, 1.165) is 50.3 Å². The van der Waals surface area contributed by atoms with Gasteiger partial charge in [-0.05, 0) is 68.7 Å². The number of likely N-dealkylation sites (tertiary alicyclic amines) is 1. The second-order valence-corrected chi connectivity index (χ2v) is 7.90. The first-order valence-corrected chi connectivity index (χ1v) is 9.32. The minimum atomic E-state index is 0.288. The van der Waals surface area contributed by atoms with Crippen molar-refractivity contribution in [1.82, 2.24) is 10.2 Å². The van der Waals surface area contributed by atoms with Crippen molar-refractivity contribution in [1.29, 1.82) is 0 Å². The van der Waals surface area contributed by atoms with E-state index in [1.54, 1.807) is 0 Å². The Balaban J connectivity index is 1.44. The van der Waals surface area contributed by atoms with E-state index < -0.39 is 0 Å². The second kappa shape index (κ2) is 6.10. The van der Waals surface area contributed by atoms with Gasteiger partial charge in [-0.15, -0.1) is 0 Å². The van der Waals surface area contributed by atoms with Crippen LogP contribution >= 0.6 is 11.6 Å². The predicted molar refractivity (Wildman–Crippen MR) is 92.5 cm³/mol. The molecule has 0 aromatic heterocycles. The molecule has 0 radical (unpaired) electrons. The summed E-state index contributed by atoms with van der Waals surface area (Å²) in [5, 5.41) is 4.24. The van der Waals surface area contributed by atoms with Crippen molar-refractivity contribution in [3.8, 4) is 0 Å². The molecule has 23 heavy (non-hydrogen) atoms. The molecule has 124 valence electrons. The van der Waals surface area contributed by atoms with Gasteiger partial charge in [0.1, 0.15) is 0 Å². The number of benzene rings is 1. The van der Waals surface area contributed by atoms with Gasteiger partial charge in [-0.25, -0.2) is 0 Å². The minimum absolute atomic E-state index is 0.288. The molecule has 3 aliphatic rings. The predicted octanol–water partition coefficient (Wildman–Crippen LogP) is 3.26. The third kappa shape index (κ3) is 2.89. The number of halogens is 1. The highest BCUT2D eigenvalue weighted by molar-refractivity contribution is 6.31. The first kappa shape index (κ1) is 15.5. The van der Waals surface area contributed by atoms with E-state index in [1.165, 1.54) is 18.4 Å². The maximum atomic E-state index is 13.0. The molecule has 1 aromatic rings. The molecule has 4 heteroatoms. The van der Waals surface area contributed by atoms with Gasteiger partial charge < -0.3 is 10.2 Å². The van der Waals surface area contributed by atoms with Gasteiger partial charge in [0.15, 0.2) is 0 Å². The number of nitrogens with one attached hydrogen (secondary N) is 1. The van der Waals surface area contributed by atoms with Crippen molar-refractivity contribution in [2.75, 3.05) is 19.6 Å². The van der Waals surface area contributed by atoms with Crippen LogP contribution in [-0.4, -0.2) is 36.5 Å². The molecule has 2 saturated heterocycles. The molecular weight excluding hydrogens is 308 g/mol. The summed E-state index contributed by atoms with van der Waals surface area (Å²) < 4.78 is 0. The van der Waals surface area contributed by atoms with Gasteiger partial charge in [0.25, 0.3) is 0 Å². The molecule has 1 saturated carbocycles. The van der Waals surface area contributed by atoms with Crippen molar-refractivity contribution >= 4 is 17.5 Å². The minimum Gasteiger partial charge on any atom is -0.339 e. The summed E-state index contributed by atoms with van der Waals surface area (Å²) in [7, 11) is 0. The zero-order valence-corrected chi connectivity index (χ0v) is 14.3. The Morgan fingerprint density at radius 1 is 1.30 bits per heavy atom. The van der Waals surface area contributed by atoms with Gasteiger partial charge in [-0.2, -0.15) is 0 Å². The third-order valence-corrected chi connectivity index (χ3v) is 6.53. The fourth-order valence-corrected chi connectivity index (χ4v) is 4.84. The summed E-state index contributed by atoms with van der Waals surface area (Å²) in [5.41, 5.74) is 1.51. The molecule has 4 rings (SSSR count). The monoisotopic (exact) mass is 332 g/mol. The lowest BCUT2D eigenvalue weighted by Gasteiger charge is -2.28. The largest absolute Gasteiger partial charge is 0.339 e. The van der Waals surface area contributed by atoms with Crippen LogP contribution in [0.25, 0.3) is 0 Å². The van der Waals surface area contributed by atoms with Crippen molar-refractivity contribution in [3.05, 3.63) is 34.9 Å². The number of carbonyl (C=O) groups is 1. The number of hydrogen-bond acceptors (Lipinski definition) is 2. The molecule has 2 unspecified atom stereocenters. The van der Waals surface area contributed by atoms with Crippen molar-refractivity contribution in [2.24, 2.45) is 11.3 Å². The number of rotatable bonds is 3. The molecule has 1 spiro atoms. The fraction of sp³-hybridized carbons (Fsp3) is 0.632. The van der Waals surface area contributed by atoms with Crippen LogP contribution in [0.1, 0.15) is 37.7 Å². The SMILES string of the molecule is O=C(C1CC12CCNCC2)N1CCCC1Cc1ccccc1Cl. The molecule has 2 aliphatic heterocycles. The molecule has 1 N–H and O–H groups in total. The highest BCUT2D eigenvalue weighted by Gasteiger charge is 2.59. The molecule has 1 amide bonds. The molecule has 3 nitrogen and oxygen atoms in total. The number of piperidine rings is 1. The molecule has 2 atom stereocenters. The Morgan fingerprint density at radius 2 is 2.09 bits per heavy atom. The van der Waals surface area contributed by atoms with Crippen LogP contribution < -0.4 is 5.32 Å². The molecular formula is C19H25ClN2O. The van der Waals surface area contributed by atoms with E-state index in [2.05, 4.69) is 16.3 Å². The van der Waals surface area contributed by atoms with E-state index in [9.17, 15) is 4.79 Å². The topological polar surface area (TPSA) is 32.3 Å². The van der Waals surface area contributed by atoms with Crippen LogP contribution in [0.4, 0.5) is 0 Å². The van der Waals surface area contributed by atoms with Crippen LogP contribution in [0.15, 0.2) is 24.3 Å². The van der Waals surface area contributed by atoms with Crippen molar-refractivity contribution in [2.45, 2.75) is 44.6 Å². The van der Waals surface area contributed by atoms with Gasteiger partial charge in [0.05, 0.1) is 0 Å². The Labute approximate surface area is 143 Å². The first-order chi connectivity index (χ1) is 11.2. The summed E-state index contributed by atoms with van der Waals surface area (Å²) >= 11 is 6.31. The average molecular weight is 333 g/mol. The maximum absolute atomic E-state index is 13.0. The summed E-state index contributed by atoms with van der Waals surface area (Å²) in [6, 6.07) is 8.38. The van der Waals surface area contributed by atoms with Crippen molar-refractivity contribution < 1.29 is 4.79 Å². The van der Waals surface area contributed by atoms with Crippen LogP contribution in [0.3, 0.4) is 0 Å². The lowest BCUT2D eigenvalue weighted by atomic mass is 9.91. The molecule has 1 aliphatic carbocycles. The van der Waals surface area contributed by atoms with Crippen LogP contribution in [0, 0.1) is 11.3 Å². The van der Waals surface area contributed by atoms with Crippen molar-refractivity contribution in [3.63, 3.8) is 0 Å².